The summed E-state index contributed by atoms with van der Waals surface area (Å²) in [4.78, 5) is 1.44. The first kappa shape index (κ1) is 30.4. The van der Waals surface area contributed by atoms with Crippen LogP contribution in [0.15, 0.2) is 72.8 Å². The maximum absolute atomic E-state index is 14.8. The molecule has 0 aromatic heterocycles. The van der Waals surface area contributed by atoms with Gasteiger partial charge in [-0.25, -0.2) is 0 Å². The minimum atomic E-state index is -6.95. The minimum absolute atomic E-state index is 0.270. The van der Waals surface area contributed by atoms with E-state index in [2.05, 4.69) is 0 Å². The Hall–Kier alpha value is -3.03. The van der Waals surface area contributed by atoms with Gasteiger partial charge in [-0.2, -0.15) is 0 Å². The number of halogens is 12. The van der Waals surface area contributed by atoms with Crippen LogP contribution in [0.3, 0.4) is 0 Å². The molecule has 0 atom stereocenters. The van der Waals surface area contributed by atoms with E-state index in [1.54, 1.807) is 0 Å². The van der Waals surface area contributed by atoms with Crippen LogP contribution in [-0.4, -0.2) is 38.8 Å². The van der Waals surface area contributed by atoms with E-state index in [0.29, 0.717) is 24.3 Å². The van der Waals surface area contributed by atoms with Crippen LogP contribution in [0.1, 0.15) is 11.1 Å². The van der Waals surface area contributed by atoms with E-state index >= 15 is 0 Å². The van der Waals surface area contributed by atoms with Gasteiger partial charge in [0, 0.05) is 0 Å². The van der Waals surface area contributed by atoms with E-state index in [-0.39, 0.29) is 5.69 Å². The summed E-state index contributed by atoms with van der Waals surface area (Å²) in [6.07, 6.45) is -25.7. The Morgan fingerprint density at radius 2 is 0.857 bits per heavy atom. The van der Waals surface area contributed by atoms with Gasteiger partial charge in [0.1, 0.15) is 0 Å². The molecule has 42 heavy (non-hydrogen) atoms. The van der Waals surface area contributed by atoms with E-state index in [0.717, 1.165) is 48.5 Å². The Balaban J connectivity index is 2.09. The number of benzene rings is 3. The van der Waals surface area contributed by atoms with Gasteiger partial charge in [-0.3, -0.25) is 0 Å². The van der Waals surface area contributed by atoms with Gasteiger partial charge in [-0.05, 0) is 0 Å². The second kappa shape index (κ2) is 8.54. The number of rotatable bonds is 2. The van der Waals surface area contributed by atoms with Crippen LogP contribution in [0.25, 0.3) is 0 Å². The summed E-state index contributed by atoms with van der Waals surface area (Å²) in [6.45, 7) is 0. The molecule has 16 heteroatoms. The summed E-state index contributed by atoms with van der Waals surface area (Å²) in [5.74, 6) is 0. The van der Waals surface area contributed by atoms with Crippen molar-refractivity contribution in [3.05, 3.63) is 83.9 Å². The standard InChI is InChI=1S/C26H18F12NO2P/c1-39(2)15-11-13-16(14-12-15)42(19-9-5-3-7-17(19)21(40-42,23(27,28)29)24(30,31)32)20-10-6-4-8-18(20)22(41-42,25(33,34)35)26(36,37)38/h3-14H,1-2H3. The van der Waals surface area contributed by atoms with Crippen LogP contribution < -0.4 is 20.8 Å². The van der Waals surface area contributed by atoms with E-state index in [1.165, 1.54) is 19.0 Å². The predicted molar refractivity (Wildman–Crippen MR) is 129 cm³/mol. The van der Waals surface area contributed by atoms with Crippen molar-refractivity contribution in [3.8, 4) is 0 Å². The molecule has 2 aliphatic heterocycles. The molecule has 3 aromatic carbocycles. The normalized spacial score (nSPS) is 21.3. The Morgan fingerprint density at radius 1 is 0.524 bits per heavy atom. The third kappa shape index (κ3) is 3.38. The molecule has 1 spiro atoms. The van der Waals surface area contributed by atoms with Gasteiger partial charge in [0.15, 0.2) is 0 Å². The van der Waals surface area contributed by atoms with E-state index in [1.807, 2.05) is 0 Å². The van der Waals surface area contributed by atoms with Crippen molar-refractivity contribution in [2.45, 2.75) is 35.9 Å². The van der Waals surface area contributed by atoms with Crippen molar-refractivity contribution in [1.82, 2.24) is 0 Å². The molecule has 0 N–H and O–H groups in total. The number of nitrogens with zero attached hydrogens (tertiary/aromatic N) is 1. The summed E-state index contributed by atoms with van der Waals surface area (Å²) < 4.78 is 188. The Morgan fingerprint density at radius 3 is 1.17 bits per heavy atom. The molecule has 0 amide bonds. The third-order valence-corrected chi connectivity index (χ3v) is 12.5. The molecule has 0 bridgehead atoms. The molecule has 0 fully saturated rings. The van der Waals surface area contributed by atoms with Crippen molar-refractivity contribution in [2.24, 2.45) is 0 Å². The summed E-state index contributed by atoms with van der Waals surface area (Å²) in [7, 11) is -3.95. The van der Waals surface area contributed by atoms with Crippen molar-refractivity contribution >= 4 is 28.7 Å². The van der Waals surface area contributed by atoms with Gasteiger partial charge in [0.25, 0.3) is 0 Å². The van der Waals surface area contributed by atoms with Crippen molar-refractivity contribution in [1.29, 1.82) is 0 Å². The van der Waals surface area contributed by atoms with Gasteiger partial charge in [-0.15, -0.1) is 0 Å². The molecule has 5 rings (SSSR count). The van der Waals surface area contributed by atoms with Crippen LogP contribution >= 0.6 is 7.06 Å². The van der Waals surface area contributed by atoms with Crippen LogP contribution in [0, 0.1) is 0 Å². The summed E-state index contributed by atoms with van der Waals surface area (Å²) >= 11 is 0. The van der Waals surface area contributed by atoms with Gasteiger partial charge in [0.2, 0.25) is 0 Å². The summed E-state index contributed by atoms with van der Waals surface area (Å²) in [5.41, 5.74) is -13.9. The maximum atomic E-state index is 14.8. The summed E-state index contributed by atoms with van der Waals surface area (Å²) in [5, 5.41) is -3.31. The van der Waals surface area contributed by atoms with E-state index < -0.39 is 70.0 Å². The fraction of sp³-hybridized carbons (Fsp3) is 0.308. The van der Waals surface area contributed by atoms with Gasteiger partial charge < -0.3 is 0 Å². The molecule has 2 aliphatic rings. The molecular weight excluding hydrogens is 617 g/mol. The molecule has 228 valence electrons. The average molecular weight is 635 g/mol. The van der Waals surface area contributed by atoms with Crippen LogP contribution in [0.4, 0.5) is 58.4 Å². The van der Waals surface area contributed by atoms with Crippen molar-refractivity contribution in [3.63, 3.8) is 0 Å². The Kier molecular flexibility index (Phi) is 6.18. The number of fused-ring (bicyclic) bond motifs is 4. The van der Waals surface area contributed by atoms with Crippen LogP contribution in [0.2, 0.25) is 0 Å². The first-order valence-corrected chi connectivity index (χ1v) is 13.9. The molecular formula is C26H18F12NO2P. The van der Waals surface area contributed by atoms with Crippen LogP contribution in [0.5, 0.6) is 0 Å². The molecule has 0 saturated carbocycles. The molecule has 0 aliphatic carbocycles. The van der Waals surface area contributed by atoms with Crippen molar-refractivity contribution < 1.29 is 61.7 Å². The first-order valence-electron chi connectivity index (χ1n) is 11.8. The molecule has 3 nitrogen and oxygen atoms in total. The quantitative estimate of drug-likeness (QED) is 0.222. The van der Waals surface area contributed by atoms with Gasteiger partial charge in [-0.1, -0.05) is 0 Å². The Bertz CT molecular complexity index is 1420. The molecule has 0 radical (unpaired) electrons. The molecule has 0 unspecified atom stereocenters. The number of anilines is 1. The zero-order valence-electron chi connectivity index (χ0n) is 21.2. The number of alkyl halides is 12. The third-order valence-electron chi connectivity index (χ3n) is 7.50. The number of hydrogen-bond acceptors (Lipinski definition) is 3. The second-order valence-corrected chi connectivity index (χ2v) is 13.7. The van der Waals surface area contributed by atoms with Gasteiger partial charge >= 0.3 is 229 Å². The molecule has 3 aromatic rings. The first-order chi connectivity index (χ1) is 19.1. The fourth-order valence-electron chi connectivity index (χ4n) is 5.76. The van der Waals surface area contributed by atoms with E-state index in [9.17, 15) is 52.7 Å². The zero-order valence-corrected chi connectivity index (χ0v) is 22.1. The van der Waals surface area contributed by atoms with Crippen molar-refractivity contribution in [2.75, 3.05) is 19.0 Å². The SMILES string of the molecule is CN(C)c1ccc(P23(OC(C(F)(F)F)(C(F)(F)F)c4ccccc42)OC(C(F)(F)F)(C(F)(F)F)c2ccccc23)cc1. The monoisotopic (exact) mass is 635 g/mol. The fourth-order valence-corrected chi connectivity index (χ4v) is 11.6. The second-order valence-electron chi connectivity index (χ2n) is 9.94. The topological polar surface area (TPSA) is 21.7 Å². The molecule has 0 saturated heterocycles. The molecule has 2 heterocycles. The average Bonchev–Trinajstić information content (AvgIpc) is 3.33. The van der Waals surface area contributed by atoms with Gasteiger partial charge in [0.05, 0.1) is 0 Å². The predicted octanol–water partition coefficient (Wildman–Crippen LogP) is 7.11. The number of hydrogen-bond donors (Lipinski definition) is 0. The van der Waals surface area contributed by atoms with E-state index in [4.69, 9.17) is 9.05 Å². The van der Waals surface area contributed by atoms with Crippen LogP contribution in [-0.2, 0) is 20.2 Å². The zero-order chi connectivity index (χ0) is 31.4. The Labute approximate surface area is 229 Å². The summed E-state index contributed by atoms with van der Waals surface area (Å²) in [6, 6.07) is 8.94.